The van der Waals surface area contributed by atoms with Crippen LogP contribution in [0, 0.1) is 10.1 Å². The predicted molar refractivity (Wildman–Crippen MR) is 87.0 cm³/mol. The van der Waals surface area contributed by atoms with Crippen LogP contribution in [0.15, 0.2) is 18.2 Å². The van der Waals surface area contributed by atoms with Gasteiger partial charge in [0.15, 0.2) is 0 Å². The Hall–Kier alpha value is -1.78. The molecule has 1 fully saturated rings. The molecule has 0 heterocycles. The average molecular weight is 291 g/mol. The van der Waals surface area contributed by atoms with E-state index < -0.39 is 0 Å². The quantitative estimate of drug-likeness (QED) is 0.596. The van der Waals surface area contributed by atoms with Gasteiger partial charge in [-0.05, 0) is 32.3 Å². The summed E-state index contributed by atoms with van der Waals surface area (Å²) < 4.78 is 0. The maximum absolute atomic E-state index is 11.1. The number of nitro benzene ring substituents is 1. The summed E-state index contributed by atoms with van der Waals surface area (Å²) >= 11 is 0. The van der Waals surface area contributed by atoms with Crippen LogP contribution in [0.5, 0.6) is 0 Å². The number of rotatable bonds is 6. The van der Waals surface area contributed by atoms with Gasteiger partial charge in [-0.3, -0.25) is 10.1 Å². The molecule has 0 aromatic heterocycles. The van der Waals surface area contributed by atoms with Gasteiger partial charge in [-0.15, -0.1) is 0 Å². The number of hydrogen-bond donors (Lipinski definition) is 2. The summed E-state index contributed by atoms with van der Waals surface area (Å²) in [4.78, 5) is 10.8. The lowest BCUT2D eigenvalue weighted by molar-refractivity contribution is -0.384. The number of nitrogens with one attached hydrogen (secondary N) is 2. The molecule has 0 saturated heterocycles. The van der Waals surface area contributed by atoms with Crippen LogP contribution < -0.4 is 10.6 Å². The van der Waals surface area contributed by atoms with E-state index in [2.05, 4.69) is 24.5 Å². The van der Waals surface area contributed by atoms with Crippen molar-refractivity contribution in [1.82, 2.24) is 0 Å². The summed E-state index contributed by atoms with van der Waals surface area (Å²) in [7, 11) is 0. The monoisotopic (exact) mass is 291 g/mol. The van der Waals surface area contributed by atoms with E-state index in [9.17, 15) is 10.1 Å². The molecule has 1 aromatic rings. The van der Waals surface area contributed by atoms with Gasteiger partial charge >= 0.3 is 0 Å². The molecule has 0 spiro atoms. The average Bonchev–Trinajstić information content (AvgIpc) is 2.45. The zero-order valence-electron chi connectivity index (χ0n) is 12.9. The Morgan fingerprint density at radius 2 is 1.86 bits per heavy atom. The number of non-ortho nitro benzene ring substituents is 1. The van der Waals surface area contributed by atoms with Gasteiger partial charge in [0.25, 0.3) is 5.69 Å². The highest BCUT2D eigenvalue weighted by molar-refractivity contribution is 5.64. The Morgan fingerprint density at radius 1 is 1.19 bits per heavy atom. The van der Waals surface area contributed by atoms with Crippen molar-refractivity contribution < 1.29 is 4.92 Å². The van der Waals surface area contributed by atoms with Crippen LogP contribution in [0.1, 0.15) is 52.4 Å². The highest BCUT2D eigenvalue weighted by Crippen LogP contribution is 2.33. The van der Waals surface area contributed by atoms with E-state index in [4.69, 9.17) is 0 Å². The number of anilines is 2. The predicted octanol–water partition coefficient (Wildman–Crippen LogP) is 4.55. The van der Waals surface area contributed by atoms with Crippen molar-refractivity contribution in [1.29, 1.82) is 0 Å². The minimum atomic E-state index is -0.328. The van der Waals surface area contributed by atoms with E-state index in [1.807, 2.05) is 6.07 Å². The number of benzene rings is 1. The smallest absolute Gasteiger partial charge is 0.273 e. The fraction of sp³-hybridized carbons (Fsp3) is 0.625. The van der Waals surface area contributed by atoms with Gasteiger partial charge in [-0.1, -0.05) is 26.2 Å². The van der Waals surface area contributed by atoms with Crippen molar-refractivity contribution in [2.24, 2.45) is 0 Å². The van der Waals surface area contributed by atoms with Gasteiger partial charge < -0.3 is 10.6 Å². The minimum Gasteiger partial charge on any atom is -0.385 e. The molecule has 2 N–H and O–H groups in total. The zero-order valence-corrected chi connectivity index (χ0v) is 12.9. The standard InChI is InChI=1S/C16H25N3O2/c1-3-9-17-13-10-14(12-15(11-13)19(20)21)18-16(2)7-5-4-6-8-16/h10-12,17-18H,3-9H2,1-2H3. The first-order valence-corrected chi connectivity index (χ1v) is 7.84. The summed E-state index contributed by atoms with van der Waals surface area (Å²) in [5, 5.41) is 17.9. The molecular formula is C16H25N3O2. The first-order chi connectivity index (χ1) is 10.0. The normalized spacial score (nSPS) is 17.2. The highest BCUT2D eigenvalue weighted by atomic mass is 16.6. The van der Waals surface area contributed by atoms with E-state index >= 15 is 0 Å². The number of nitrogens with zero attached hydrogens (tertiary/aromatic N) is 1. The van der Waals surface area contributed by atoms with Gasteiger partial charge in [0.2, 0.25) is 0 Å². The van der Waals surface area contributed by atoms with Crippen LogP contribution in [0.25, 0.3) is 0 Å². The van der Waals surface area contributed by atoms with Crippen LogP contribution in [0.3, 0.4) is 0 Å². The SMILES string of the molecule is CCCNc1cc(NC2(C)CCCCC2)cc([N+](=O)[O-])c1. The fourth-order valence-electron chi connectivity index (χ4n) is 2.97. The lowest BCUT2D eigenvalue weighted by Crippen LogP contribution is -2.36. The Morgan fingerprint density at radius 3 is 2.48 bits per heavy atom. The molecule has 0 aliphatic heterocycles. The molecular weight excluding hydrogens is 266 g/mol. The fourth-order valence-corrected chi connectivity index (χ4v) is 2.97. The second kappa shape index (κ2) is 6.78. The van der Waals surface area contributed by atoms with Crippen molar-refractivity contribution >= 4 is 17.1 Å². The van der Waals surface area contributed by atoms with Gasteiger partial charge in [0.1, 0.15) is 0 Å². The largest absolute Gasteiger partial charge is 0.385 e. The molecule has 1 aliphatic rings. The lowest BCUT2D eigenvalue weighted by Gasteiger charge is -2.35. The molecule has 1 aromatic carbocycles. The molecule has 0 amide bonds. The molecule has 1 aliphatic carbocycles. The van der Waals surface area contributed by atoms with E-state index in [1.54, 1.807) is 12.1 Å². The van der Waals surface area contributed by atoms with Gasteiger partial charge in [0, 0.05) is 35.6 Å². The molecule has 21 heavy (non-hydrogen) atoms. The Labute approximate surface area is 126 Å². The van der Waals surface area contributed by atoms with Crippen LogP contribution in [0.2, 0.25) is 0 Å². The number of hydrogen-bond acceptors (Lipinski definition) is 4. The van der Waals surface area contributed by atoms with E-state index in [0.29, 0.717) is 0 Å². The summed E-state index contributed by atoms with van der Waals surface area (Å²) in [6.07, 6.45) is 6.96. The molecule has 0 unspecified atom stereocenters. The third kappa shape index (κ3) is 4.34. The summed E-state index contributed by atoms with van der Waals surface area (Å²) in [5.74, 6) is 0. The molecule has 5 nitrogen and oxygen atoms in total. The van der Waals surface area contributed by atoms with E-state index in [-0.39, 0.29) is 16.1 Å². The summed E-state index contributed by atoms with van der Waals surface area (Å²) in [5.41, 5.74) is 1.84. The maximum Gasteiger partial charge on any atom is 0.273 e. The van der Waals surface area contributed by atoms with Crippen LogP contribution in [-0.4, -0.2) is 17.0 Å². The maximum atomic E-state index is 11.1. The van der Waals surface area contributed by atoms with E-state index in [1.165, 1.54) is 19.3 Å². The Kier molecular flexibility index (Phi) is 5.04. The molecule has 1 saturated carbocycles. The summed E-state index contributed by atoms with van der Waals surface area (Å²) in [6.45, 7) is 5.11. The van der Waals surface area contributed by atoms with Crippen molar-refractivity contribution in [3.63, 3.8) is 0 Å². The molecule has 116 valence electrons. The van der Waals surface area contributed by atoms with Gasteiger partial charge in [-0.2, -0.15) is 0 Å². The third-order valence-corrected chi connectivity index (χ3v) is 4.11. The highest BCUT2D eigenvalue weighted by Gasteiger charge is 2.27. The van der Waals surface area contributed by atoms with Gasteiger partial charge in [-0.25, -0.2) is 0 Å². The minimum absolute atomic E-state index is 0.0511. The van der Waals surface area contributed by atoms with Crippen molar-refractivity contribution in [2.45, 2.75) is 57.9 Å². The molecule has 0 bridgehead atoms. The second-order valence-electron chi connectivity index (χ2n) is 6.20. The Balaban J connectivity index is 2.20. The van der Waals surface area contributed by atoms with Crippen molar-refractivity contribution in [3.8, 4) is 0 Å². The van der Waals surface area contributed by atoms with E-state index in [0.717, 1.165) is 37.2 Å². The molecule has 5 heteroatoms. The lowest BCUT2D eigenvalue weighted by atomic mass is 9.83. The number of nitro groups is 1. The van der Waals surface area contributed by atoms with Crippen LogP contribution >= 0.6 is 0 Å². The van der Waals surface area contributed by atoms with Crippen molar-refractivity contribution in [2.75, 3.05) is 17.2 Å². The van der Waals surface area contributed by atoms with Crippen molar-refractivity contribution in [3.05, 3.63) is 28.3 Å². The molecule has 2 rings (SSSR count). The topological polar surface area (TPSA) is 67.2 Å². The zero-order chi connectivity index (χ0) is 15.3. The van der Waals surface area contributed by atoms with Gasteiger partial charge in [0.05, 0.1) is 4.92 Å². The Bertz CT molecular complexity index is 496. The summed E-state index contributed by atoms with van der Waals surface area (Å²) in [6, 6.07) is 5.21. The van der Waals surface area contributed by atoms with Crippen LogP contribution in [0.4, 0.5) is 17.1 Å². The first kappa shape index (κ1) is 15.6. The third-order valence-electron chi connectivity index (χ3n) is 4.11. The molecule has 0 radical (unpaired) electrons. The second-order valence-corrected chi connectivity index (χ2v) is 6.20. The van der Waals surface area contributed by atoms with Crippen LogP contribution in [-0.2, 0) is 0 Å². The first-order valence-electron chi connectivity index (χ1n) is 7.84. The molecule has 0 atom stereocenters.